The molecule has 1 aromatic rings. The van der Waals surface area contributed by atoms with E-state index in [4.69, 9.17) is 4.74 Å². The lowest BCUT2D eigenvalue weighted by Gasteiger charge is -2.64. The molecule has 0 unspecified atom stereocenters. The van der Waals surface area contributed by atoms with Gasteiger partial charge in [0, 0.05) is 23.6 Å². The smallest absolute Gasteiger partial charge is 0.330 e. The lowest BCUT2D eigenvalue weighted by Crippen LogP contribution is -2.58. The Morgan fingerprint density at radius 3 is 2.53 bits per heavy atom. The number of benzene rings is 1. The maximum atomic E-state index is 12.6. The molecule has 34 heavy (non-hydrogen) atoms. The minimum Gasteiger partial charge on any atom is -0.462 e. The van der Waals surface area contributed by atoms with E-state index in [9.17, 15) is 14.9 Å². The highest BCUT2D eigenvalue weighted by Crippen LogP contribution is 2.71. The van der Waals surface area contributed by atoms with Crippen molar-refractivity contribution in [3.8, 4) is 0 Å². The standard InChI is InChI=1S/C29H37NO4/c1-26-15-11-24-28(3)14-4-13-27(2,23(28)12-16-29(24,19-26)18-17-26)20-34-25(31)10-7-21-5-8-22(9-6-21)30(32)33/h5-10,17-18,23-24H,4,11-16,19-20H2,1-3H3/b10-7+/t23-,24+,26-,27-,28-,29+/m1/s1. The number of nitro groups is 1. The summed E-state index contributed by atoms with van der Waals surface area (Å²) in [5.41, 5.74) is 1.89. The monoisotopic (exact) mass is 463 g/mol. The first kappa shape index (κ1) is 23.3. The van der Waals surface area contributed by atoms with E-state index in [1.54, 1.807) is 18.2 Å². The summed E-state index contributed by atoms with van der Waals surface area (Å²) >= 11 is 0. The first-order valence-corrected chi connectivity index (χ1v) is 12.9. The van der Waals surface area contributed by atoms with Crippen molar-refractivity contribution in [3.05, 3.63) is 58.2 Å². The molecule has 4 aliphatic carbocycles. The maximum Gasteiger partial charge on any atom is 0.330 e. The summed E-state index contributed by atoms with van der Waals surface area (Å²) < 4.78 is 5.83. The Bertz CT molecular complexity index is 1040. The molecular formula is C29H37NO4. The van der Waals surface area contributed by atoms with Crippen LogP contribution in [0, 0.1) is 43.6 Å². The van der Waals surface area contributed by atoms with Crippen LogP contribution in [0.15, 0.2) is 42.5 Å². The van der Waals surface area contributed by atoms with Crippen LogP contribution in [-0.2, 0) is 9.53 Å². The maximum absolute atomic E-state index is 12.6. The van der Waals surface area contributed by atoms with Gasteiger partial charge < -0.3 is 4.74 Å². The minimum atomic E-state index is -0.428. The fourth-order valence-corrected chi connectivity index (χ4v) is 8.60. The van der Waals surface area contributed by atoms with Gasteiger partial charge in [0.1, 0.15) is 0 Å². The molecule has 0 aromatic heterocycles. The second kappa shape index (κ2) is 8.07. The molecule has 1 spiro atoms. The van der Waals surface area contributed by atoms with E-state index >= 15 is 0 Å². The predicted molar refractivity (Wildman–Crippen MR) is 133 cm³/mol. The molecule has 2 bridgehead atoms. The molecule has 0 heterocycles. The number of nitrogens with zero attached hydrogens (tertiary/aromatic N) is 1. The normalized spacial score (nSPS) is 40.6. The Balaban J connectivity index is 1.26. The largest absolute Gasteiger partial charge is 0.462 e. The van der Waals surface area contributed by atoms with E-state index in [1.165, 1.54) is 63.2 Å². The first-order chi connectivity index (χ1) is 16.1. The number of non-ortho nitro benzene ring substituents is 1. The molecule has 3 fully saturated rings. The van der Waals surface area contributed by atoms with Crippen LogP contribution in [0.5, 0.6) is 0 Å². The van der Waals surface area contributed by atoms with Gasteiger partial charge >= 0.3 is 5.97 Å². The van der Waals surface area contributed by atoms with Gasteiger partial charge in [0.15, 0.2) is 0 Å². The summed E-state index contributed by atoms with van der Waals surface area (Å²) in [7, 11) is 0. The molecule has 0 amide bonds. The molecule has 5 rings (SSSR count). The highest BCUT2D eigenvalue weighted by atomic mass is 16.6. The third-order valence-electron chi connectivity index (χ3n) is 10.1. The van der Waals surface area contributed by atoms with E-state index in [1.807, 2.05) is 0 Å². The van der Waals surface area contributed by atoms with Crippen LogP contribution in [0.4, 0.5) is 5.69 Å². The van der Waals surface area contributed by atoms with Gasteiger partial charge in [0.2, 0.25) is 0 Å². The Hall–Kier alpha value is -2.43. The summed E-state index contributed by atoms with van der Waals surface area (Å²) in [4.78, 5) is 22.9. The number of carbonyl (C=O) groups is 1. The first-order valence-electron chi connectivity index (χ1n) is 12.9. The quantitative estimate of drug-likeness (QED) is 0.153. The van der Waals surface area contributed by atoms with Crippen LogP contribution in [0.3, 0.4) is 0 Å². The van der Waals surface area contributed by atoms with Crippen molar-refractivity contribution in [3.63, 3.8) is 0 Å². The Kier molecular flexibility index (Phi) is 5.53. The fourth-order valence-electron chi connectivity index (χ4n) is 8.60. The second-order valence-corrected chi connectivity index (χ2v) is 12.4. The molecule has 6 atom stereocenters. The number of hydrogen-bond donors (Lipinski definition) is 0. The molecule has 182 valence electrons. The van der Waals surface area contributed by atoms with Crippen LogP contribution < -0.4 is 0 Å². The molecule has 0 radical (unpaired) electrons. The molecule has 1 aromatic carbocycles. The topological polar surface area (TPSA) is 69.4 Å². The molecule has 0 saturated heterocycles. The molecule has 0 aliphatic heterocycles. The van der Waals surface area contributed by atoms with Crippen molar-refractivity contribution in [2.45, 2.75) is 72.1 Å². The van der Waals surface area contributed by atoms with Crippen LogP contribution in [-0.4, -0.2) is 17.5 Å². The van der Waals surface area contributed by atoms with E-state index < -0.39 is 4.92 Å². The summed E-state index contributed by atoms with van der Waals surface area (Å²) in [6.45, 7) is 7.80. The van der Waals surface area contributed by atoms with Gasteiger partial charge in [0.05, 0.1) is 11.5 Å². The van der Waals surface area contributed by atoms with Crippen molar-refractivity contribution in [1.29, 1.82) is 0 Å². The van der Waals surface area contributed by atoms with Crippen molar-refractivity contribution in [1.82, 2.24) is 0 Å². The lowest BCUT2D eigenvalue weighted by molar-refractivity contribution is -0.384. The zero-order valence-electron chi connectivity index (χ0n) is 20.7. The van der Waals surface area contributed by atoms with Gasteiger partial charge in [-0.25, -0.2) is 4.79 Å². The third-order valence-corrected chi connectivity index (χ3v) is 10.1. The summed E-state index contributed by atoms with van der Waals surface area (Å²) in [5, 5.41) is 10.8. The van der Waals surface area contributed by atoms with Crippen LogP contribution >= 0.6 is 0 Å². The van der Waals surface area contributed by atoms with Crippen molar-refractivity contribution in [2.75, 3.05) is 6.61 Å². The van der Waals surface area contributed by atoms with Crippen LogP contribution in [0.1, 0.15) is 77.7 Å². The van der Waals surface area contributed by atoms with Gasteiger partial charge in [-0.15, -0.1) is 0 Å². The number of nitro benzene ring substituents is 1. The van der Waals surface area contributed by atoms with Gasteiger partial charge in [-0.3, -0.25) is 10.1 Å². The summed E-state index contributed by atoms with van der Waals surface area (Å²) in [5.74, 6) is 0.975. The van der Waals surface area contributed by atoms with Gasteiger partial charge in [0.25, 0.3) is 5.69 Å². The van der Waals surface area contributed by atoms with E-state index in [0.717, 1.165) is 17.9 Å². The summed E-state index contributed by atoms with van der Waals surface area (Å²) in [6.07, 6.45) is 18.3. The Morgan fingerprint density at radius 1 is 1.06 bits per heavy atom. The number of ether oxygens (including phenoxy) is 1. The molecule has 3 saturated carbocycles. The number of esters is 1. The van der Waals surface area contributed by atoms with Crippen LogP contribution in [0.25, 0.3) is 6.08 Å². The predicted octanol–water partition coefficient (Wildman–Crippen LogP) is 7.12. The summed E-state index contributed by atoms with van der Waals surface area (Å²) in [6, 6.07) is 6.16. The fraction of sp³-hybridized carbons (Fsp3) is 0.621. The second-order valence-electron chi connectivity index (χ2n) is 12.4. The number of rotatable bonds is 5. The van der Waals surface area contributed by atoms with Gasteiger partial charge in [-0.1, -0.05) is 39.3 Å². The molecule has 5 nitrogen and oxygen atoms in total. The van der Waals surface area contributed by atoms with E-state index in [-0.39, 0.29) is 17.1 Å². The number of fused-ring (bicyclic) bond motifs is 3. The van der Waals surface area contributed by atoms with E-state index in [2.05, 4.69) is 32.9 Å². The molecular weight excluding hydrogens is 426 g/mol. The molecule has 5 heteroatoms. The number of carbonyl (C=O) groups excluding carboxylic acids is 1. The van der Waals surface area contributed by atoms with Gasteiger partial charge in [-0.2, -0.15) is 0 Å². The lowest BCUT2D eigenvalue weighted by atomic mass is 9.40. The zero-order valence-corrected chi connectivity index (χ0v) is 20.7. The molecule has 0 N–H and O–H groups in total. The Labute approximate surface area is 202 Å². The average molecular weight is 464 g/mol. The number of allylic oxidation sites excluding steroid dienone is 2. The van der Waals surface area contributed by atoms with Crippen molar-refractivity contribution < 1.29 is 14.5 Å². The minimum absolute atomic E-state index is 0.00847. The van der Waals surface area contributed by atoms with Gasteiger partial charge in [-0.05, 0) is 96.8 Å². The van der Waals surface area contributed by atoms with Crippen molar-refractivity contribution in [2.24, 2.45) is 33.5 Å². The zero-order chi connectivity index (χ0) is 24.2. The van der Waals surface area contributed by atoms with Crippen LogP contribution in [0.2, 0.25) is 0 Å². The Morgan fingerprint density at radius 2 is 1.79 bits per heavy atom. The van der Waals surface area contributed by atoms with Crippen molar-refractivity contribution >= 4 is 17.7 Å². The highest BCUT2D eigenvalue weighted by molar-refractivity contribution is 5.87. The van der Waals surface area contributed by atoms with E-state index in [0.29, 0.717) is 28.8 Å². The SMILES string of the molecule is C[C@]12C=C[C@@]3(CC[C@@H]4[C@@](C)(COC(=O)/C=C/c5ccc([N+](=O)[O-])cc5)CCC[C@@]4(C)[C@@H]3CC1)C2. The average Bonchev–Trinajstić information content (AvgIpc) is 3.05. The number of hydrogen-bond acceptors (Lipinski definition) is 4. The molecule has 4 aliphatic rings. The highest BCUT2D eigenvalue weighted by Gasteiger charge is 2.63. The third kappa shape index (κ3) is 3.81.